The molecule has 0 spiro atoms. The Bertz CT molecular complexity index is 593. The predicted octanol–water partition coefficient (Wildman–Crippen LogP) is 6.61. The number of quaternary nitrogens is 1. The van der Waals surface area contributed by atoms with E-state index in [1.165, 1.54) is 57.8 Å². The fourth-order valence-corrected chi connectivity index (χ4v) is 4.99. The summed E-state index contributed by atoms with van der Waals surface area (Å²) in [7, 11) is 0. The molecule has 0 aromatic heterocycles. The molecule has 0 aliphatic heterocycles. The van der Waals surface area contributed by atoms with Crippen molar-refractivity contribution >= 4 is 17.9 Å². The van der Waals surface area contributed by atoms with E-state index in [2.05, 4.69) is 19.1 Å². The molecule has 0 aromatic rings. The summed E-state index contributed by atoms with van der Waals surface area (Å²) in [5.41, 5.74) is 0. The summed E-state index contributed by atoms with van der Waals surface area (Å²) in [6, 6.07) is 0. The number of unbranched alkanes of at least 4 members (excludes halogenated alkanes) is 11. The smallest absolute Gasteiger partial charge is 0.311 e. The highest BCUT2D eigenvalue weighted by molar-refractivity contribution is 5.70. The number of nitrogens with zero attached hydrogens (tertiary/aromatic N) is 1. The second-order valence-electron chi connectivity index (χ2n) is 10.9. The van der Waals surface area contributed by atoms with Gasteiger partial charge in [0.2, 0.25) is 0 Å². The fourth-order valence-electron chi connectivity index (χ4n) is 4.99. The molecule has 7 nitrogen and oxygen atoms in total. The van der Waals surface area contributed by atoms with Crippen molar-refractivity contribution in [1.82, 2.24) is 0 Å². The van der Waals surface area contributed by atoms with Crippen LogP contribution in [0.3, 0.4) is 0 Å². The number of carbonyl (C=O) groups is 3. The minimum atomic E-state index is -0.942. The third-order valence-electron chi connectivity index (χ3n) is 7.14. The lowest BCUT2D eigenvalue weighted by atomic mass is 10.0. The van der Waals surface area contributed by atoms with E-state index in [0.717, 1.165) is 25.7 Å². The van der Waals surface area contributed by atoms with Gasteiger partial charge in [0.05, 0.1) is 26.2 Å². The molecule has 0 saturated heterocycles. The maximum atomic E-state index is 11.6. The van der Waals surface area contributed by atoms with Crippen molar-refractivity contribution in [2.75, 3.05) is 26.2 Å². The van der Waals surface area contributed by atoms with Gasteiger partial charge in [-0.05, 0) is 52.9 Å². The average Bonchev–Trinajstić information content (AvgIpc) is 2.81. The van der Waals surface area contributed by atoms with E-state index in [0.29, 0.717) is 6.54 Å². The molecule has 0 aliphatic carbocycles. The third-order valence-corrected chi connectivity index (χ3v) is 7.14. The van der Waals surface area contributed by atoms with Crippen molar-refractivity contribution < 1.29 is 34.2 Å². The molecule has 0 rings (SSSR count). The number of carboxylic acid groups (broad SMARTS) is 3. The first-order valence-corrected chi connectivity index (χ1v) is 14.2. The lowest BCUT2D eigenvalue weighted by Crippen LogP contribution is -2.57. The van der Waals surface area contributed by atoms with Crippen LogP contribution in [0, 0.1) is 17.8 Å². The minimum Gasteiger partial charge on any atom is -0.481 e. The van der Waals surface area contributed by atoms with Crippen LogP contribution in [0.5, 0.6) is 0 Å². The van der Waals surface area contributed by atoms with Crippen LogP contribution < -0.4 is 0 Å². The summed E-state index contributed by atoms with van der Waals surface area (Å²) in [5, 5.41) is 28.5. The first-order valence-electron chi connectivity index (χ1n) is 14.2. The summed E-state index contributed by atoms with van der Waals surface area (Å²) in [6.45, 7) is 8.37. The number of aliphatic carboxylic acids is 3. The number of hydrogen-bond donors (Lipinski definition) is 3. The molecule has 0 bridgehead atoms. The molecule has 7 heteroatoms. The van der Waals surface area contributed by atoms with Crippen LogP contribution in [-0.2, 0) is 14.4 Å². The first-order chi connectivity index (χ1) is 17.0. The molecular formula is C29H54NO6+. The lowest BCUT2D eigenvalue weighted by molar-refractivity contribution is -0.934. The zero-order valence-corrected chi connectivity index (χ0v) is 23.4. The SMILES string of the molecule is CCCCCCCCCCC/C=C/CCCC[N+](CC(C)C(=O)O)(CC(C)C(=O)O)CC(C)C(=O)O. The van der Waals surface area contributed by atoms with Gasteiger partial charge in [-0.25, -0.2) is 0 Å². The summed E-state index contributed by atoms with van der Waals surface area (Å²) in [6.07, 6.45) is 20.1. The van der Waals surface area contributed by atoms with Gasteiger partial charge in [-0.15, -0.1) is 0 Å². The van der Waals surface area contributed by atoms with Crippen LogP contribution in [0.4, 0.5) is 0 Å². The van der Waals surface area contributed by atoms with E-state index in [4.69, 9.17) is 0 Å². The molecule has 210 valence electrons. The Hall–Kier alpha value is -1.89. The summed E-state index contributed by atoms with van der Waals surface area (Å²) in [4.78, 5) is 34.7. The maximum absolute atomic E-state index is 11.6. The van der Waals surface area contributed by atoms with Crippen LogP contribution in [0.15, 0.2) is 12.2 Å². The Balaban J connectivity index is 4.65. The Morgan fingerprint density at radius 1 is 0.583 bits per heavy atom. The Morgan fingerprint density at radius 2 is 0.917 bits per heavy atom. The second-order valence-corrected chi connectivity index (χ2v) is 10.9. The van der Waals surface area contributed by atoms with E-state index in [9.17, 15) is 29.7 Å². The van der Waals surface area contributed by atoms with Gasteiger partial charge in [0.25, 0.3) is 0 Å². The fraction of sp³-hybridized carbons (Fsp3) is 0.828. The Morgan fingerprint density at radius 3 is 1.28 bits per heavy atom. The van der Waals surface area contributed by atoms with Crippen LogP contribution in [-0.4, -0.2) is 63.9 Å². The normalized spacial score (nSPS) is 15.9. The van der Waals surface area contributed by atoms with E-state index >= 15 is 0 Å². The lowest BCUT2D eigenvalue weighted by Gasteiger charge is -2.42. The molecule has 0 heterocycles. The maximum Gasteiger partial charge on any atom is 0.311 e. The highest BCUT2D eigenvalue weighted by atomic mass is 16.4. The van der Waals surface area contributed by atoms with E-state index in [1.807, 2.05) is 0 Å². The largest absolute Gasteiger partial charge is 0.481 e. The van der Waals surface area contributed by atoms with Crippen LogP contribution in [0.1, 0.15) is 111 Å². The third kappa shape index (κ3) is 16.7. The van der Waals surface area contributed by atoms with Gasteiger partial charge in [-0.2, -0.15) is 0 Å². The number of carboxylic acids is 3. The Labute approximate surface area is 219 Å². The van der Waals surface area contributed by atoms with E-state index < -0.39 is 35.7 Å². The molecule has 0 fully saturated rings. The molecule has 3 N–H and O–H groups in total. The van der Waals surface area contributed by atoms with Gasteiger partial charge in [0.1, 0.15) is 17.8 Å². The van der Waals surface area contributed by atoms with Gasteiger partial charge >= 0.3 is 17.9 Å². The molecule has 36 heavy (non-hydrogen) atoms. The van der Waals surface area contributed by atoms with Gasteiger partial charge in [-0.1, -0.05) is 70.4 Å². The zero-order valence-electron chi connectivity index (χ0n) is 23.4. The van der Waals surface area contributed by atoms with Crippen molar-refractivity contribution in [3.63, 3.8) is 0 Å². The quantitative estimate of drug-likeness (QED) is 0.0762. The number of rotatable bonds is 24. The van der Waals surface area contributed by atoms with Gasteiger partial charge < -0.3 is 19.8 Å². The minimum absolute atomic E-state index is 0.205. The molecule has 3 atom stereocenters. The predicted molar refractivity (Wildman–Crippen MR) is 145 cm³/mol. The molecular weight excluding hydrogens is 458 g/mol. The average molecular weight is 513 g/mol. The molecule has 3 unspecified atom stereocenters. The summed E-state index contributed by atoms with van der Waals surface area (Å²) >= 11 is 0. The molecule has 0 radical (unpaired) electrons. The van der Waals surface area contributed by atoms with Crippen LogP contribution in [0.2, 0.25) is 0 Å². The van der Waals surface area contributed by atoms with E-state index in [-0.39, 0.29) is 24.1 Å². The second kappa shape index (κ2) is 20.2. The van der Waals surface area contributed by atoms with Crippen molar-refractivity contribution in [3.05, 3.63) is 12.2 Å². The van der Waals surface area contributed by atoms with Gasteiger partial charge in [-0.3, -0.25) is 14.4 Å². The standard InChI is InChI=1S/C29H53NO6/c1-5-6-7-8-9-10-11-12-13-14-15-16-17-18-19-20-30(21-24(2)27(31)32,22-25(3)28(33)34)23-26(4)29(35)36/h15-16,24-26H,5-14,17-23H2,1-4H3,(H2-,31,32,33,34,35,36)/p+1/b16-15+. The summed E-state index contributed by atoms with van der Waals surface area (Å²) < 4.78 is 0.205. The van der Waals surface area contributed by atoms with Crippen molar-refractivity contribution in [1.29, 1.82) is 0 Å². The zero-order chi connectivity index (χ0) is 27.4. The Kier molecular flexibility index (Phi) is 19.1. The summed E-state index contributed by atoms with van der Waals surface area (Å²) in [5.74, 6) is -4.86. The van der Waals surface area contributed by atoms with Crippen molar-refractivity contribution in [2.24, 2.45) is 17.8 Å². The number of allylic oxidation sites excluding steroid dienone is 2. The van der Waals surface area contributed by atoms with Gasteiger partial charge in [0, 0.05) is 0 Å². The molecule has 0 aromatic carbocycles. The molecule has 0 saturated carbocycles. The van der Waals surface area contributed by atoms with Crippen molar-refractivity contribution in [3.8, 4) is 0 Å². The highest BCUT2D eigenvalue weighted by Crippen LogP contribution is 2.22. The highest BCUT2D eigenvalue weighted by Gasteiger charge is 2.38. The first kappa shape index (κ1) is 34.1. The van der Waals surface area contributed by atoms with Crippen LogP contribution >= 0.6 is 0 Å². The van der Waals surface area contributed by atoms with Crippen molar-refractivity contribution in [2.45, 2.75) is 111 Å². The van der Waals surface area contributed by atoms with Crippen LogP contribution in [0.25, 0.3) is 0 Å². The molecule has 0 aliphatic rings. The number of hydrogen-bond acceptors (Lipinski definition) is 3. The molecule has 0 amide bonds. The van der Waals surface area contributed by atoms with E-state index in [1.54, 1.807) is 20.8 Å². The van der Waals surface area contributed by atoms with Gasteiger partial charge in [0.15, 0.2) is 0 Å². The monoisotopic (exact) mass is 512 g/mol. The topological polar surface area (TPSA) is 112 Å².